The van der Waals surface area contributed by atoms with Crippen molar-refractivity contribution in [3.63, 3.8) is 0 Å². The predicted octanol–water partition coefficient (Wildman–Crippen LogP) is 5.27. The van der Waals surface area contributed by atoms with Crippen LogP contribution < -0.4 is 10.1 Å². The first kappa shape index (κ1) is 19.1. The summed E-state index contributed by atoms with van der Waals surface area (Å²) >= 11 is 1.89. The van der Waals surface area contributed by atoms with Gasteiger partial charge in [0.1, 0.15) is 11.6 Å². The lowest BCUT2D eigenvalue weighted by Gasteiger charge is -2.19. The molecule has 0 amide bonds. The van der Waals surface area contributed by atoms with Crippen LogP contribution in [0.1, 0.15) is 43.6 Å². The maximum Gasteiger partial charge on any atom is 0.165 e. The molecule has 2 aromatic heterocycles. The average molecular weight is 397 g/mol. The SMILES string of the molecule is CCC(CC)Nc1c2c(nc3c(-c4ccc(OC)cc4C)c(C)nn13)CCS2. The van der Waals surface area contributed by atoms with Crippen molar-refractivity contribution >= 4 is 23.2 Å². The Balaban J connectivity index is 1.94. The molecule has 0 radical (unpaired) electrons. The van der Waals surface area contributed by atoms with Crippen molar-refractivity contribution in [2.75, 3.05) is 18.2 Å². The lowest BCUT2D eigenvalue weighted by Crippen LogP contribution is -2.20. The van der Waals surface area contributed by atoms with Crippen LogP contribution in [0.25, 0.3) is 16.8 Å². The highest BCUT2D eigenvalue weighted by atomic mass is 32.2. The van der Waals surface area contributed by atoms with Gasteiger partial charge in [-0.25, -0.2) is 4.98 Å². The Morgan fingerprint density at radius 1 is 1.25 bits per heavy atom. The molecule has 3 heterocycles. The molecule has 0 fully saturated rings. The van der Waals surface area contributed by atoms with Crippen LogP contribution in [0.2, 0.25) is 0 Å². The van der Waals surface area contributed by atoms with Crippen LogP contribution in [-0.2, 0) is 6.42 Å². The van der Waals surface area contributed by atoms with Crippen LogP contribution in [0.15, 0.2) is 23.1 Å². The smallest absolute Gasteiger partial charge is 0.165 e. The summed E-state index contributed by atoms with van der Waals surface area (Å²) in [7, 11) is 1.70. The third kappa shape index (κ3) is 3.13. The first-order valence-corrected chi connectivity index (χ1v) is 11.0. The molecule has 3 aromatic rings. The minimum absolute atomic E-state index is 0.437. The van der Waals surface area contributed by atoms with E-state index in [1.807, 2.05) is 22.3 Å². The number of nitrogens with one attached hydrogen (secondary N) is 1. The molecule has 1 N–H and O–H groups in total. The Hall–Kier alpha value is -2.21. The number of hydrogen-bond donors (Lipinski definition) is 1. The Kier molecular flexibility index (Phi) is 5.23. The predicted molar refractivity (Wildman–Crippen MR) is 117 cm³/mol. The van der Waals surface area contributed by atoms with Crippen molar-refractivity contribution in [2.24, 2.45) is 0 Å². The van der Waals surface area contributed by atoms with Gasteiger partial charge in [-0.1, -0.05) is 19.9 Å². The Bertz CT molecular complexity index is 1020. The summed E-state index contributed by atoms with van der Waals surface area (Å²) in [6.45, 7) is 8.65. The van der Waals surface area contributed by atoms with E-state index in [0.717, 1.165) is 53.5 Å². The number of aryl methyl sites for hydroxylation is 3. The van der Waals surface area contributed by atoms with E-state index in [1.54, 1.807) is 7.11 Å². The van der Waals surface area contributed by atoms with Gasteiger partial charge in [0.05, 0.1) is 23.4 Å². The molecule has 4 rings (SSSR count). The molecule has 0 aliphatic carbocycles. The maximum atomic E-state index is 5.38. The van der Waals surface area contributed by atoms with Crippen molar-refractivity contribution in [1.29, 1.82) is 0 Å². The number of ether oxygens (including phenoxy) is 1. The highest BCUT2D eigenvalue weighted by Gasteiger charge is 2.26. The molecule has 1 aliphatic rings. The highest BCUT2D eigenvalue weighted by Crippen LogP contribution is 2.40. The Morgan fingerprint density at radius 2 is 2.04 bits per heavy atom. The summed E-state index contributed by atoms with van der Waals surface area (Å²) in [5.74, 6) is 3.07. The second-order valence-corrected chi connectivity index (χ2v) is 8.47. The van der Waals surface area contributed by atoms with E-state index >= 15 is 0 Å². The normalized spacial score (nSPS) is 13.4. The van der Waals surface area contributed by atoms with Crippen molar-refractivity contribution in [3.05, 3.63) is 35.2 Å². The van der Waals surface area contributed by atoms with Gasteiger partial charge < -0.3 is 10.1 Å². The van der Waals surface area contributed by atoms with E-state index in [0.29, 0.717) is 6.04 Å². The topological polar surface area (TPSA) is 51.5 Å². The largest absolute Gasteiger partial charge is 0.497 e. The van der Waals surface area contributed by atoms with Crippen LogP contribution in [-0.4, -0.2) is 33.5 Å². The van der Waals surface area contributed by atoms with E-state index in [1.165, 1.54) is 21.7 Å². The van der Waals surface area contributed by atoms with Crippen LogP contribution in [0, 0.1) is 13.8 Å². The lowest BCUT2D eigenvalue weighted by molar-refractivity contribution is 0.414. The molecular formula is C22H28N4OS. The van der Waals surface area contributed by atoms with Crippen molar-refractivity contribution in [2.45, 2.75) is 57.9 Å². The zero-order valence-electron chi connectivity index (χ0n) is 17.3. The summed E-state index contributed by atoms with van der Waals surface area (Å²) in [6, 6.07) is 6.64. The number of benzene rings is 1. The quantitative estimate of drug-likeness (QED) is 0.615. The Labute approximate surface area is 170 Å². The van der Waals surface area contributed by atoms with Crippen LogP contribution in [0.5, 0.6) is 5.75 Å². The van der Waals surface area contributed by atoms with Crippen molar-refractivity contribution in [3.8, 4) is 16.9 Å². The molecule has 0 saturated carbocycles. The fourth-order valence-electron chi connectivity index (χ4n) is 3.93. The van der Waals surface area contributed by atoms with E-state index < -0.39 is 0 Å². The third-order valence-corrected chi connectivity index (χ3v) is 6.71. The molecule has 1 aliphatic heterocycles. The van der Waals surface area contributed by atoms with Gasteiger partial charge in [-0.2, -0.15) is 9.61 Å². The van der Waals surface area contributed by atoms with Crippen LogP contribution >= 0.6 is 11.8 Å². The molecule has 0 unspecified atom stereocenters. The fourth-order valence-corrected chi connectivity index (χ4v) is 5.02. The standard InChI is InChI=1S/C22H28N4OS/c1-6-15(7-2)23-22-20-18(10-11-28-20)24-21-19(14(4)25-26(21)22)17-9-8-16(27-5)12-13(17)3/h8-9,12,15,23H,6-7,10-11H2,1-5H3. The summed E-state index contributed by atoms with van der Waals surface area (Å²) in [5.41, 5.74) is 6.59. The molecule has 0 bridgehead atoms. The molecule has 0 spiro atoms. The van der Waals surface area contributed by atoms with Crippen molar-refractivity contribution in [1.82, 2.24) is 14.6 Å². The minimum Gasteiger partial charge on any atom is -0.497 e. The van der Waals surface area contributed by atoms with Crippen LogP contribution in [0.3, 0.4) is 0 Å². The van der Waals surface area contributed by atoms with E-state index in [-0.39, 0.29) is 0 Å². The summed E-state index contributed by atoms with van der Waals surface area (Å²) < 4.78 is 7.42. The first-order valence-electron chi connectivity index (χ1n) is 10.0. The number of fused-ring (bicyclic) bond motifs is 2. The number of methoxy groups -OCH3 is 1. The monoisotopic (exact) mass is 396 g/mol. The first-order chi connectivity index (χ1) is 13.6. The zero-order valence-corrected chi connectivity index (χ0v) is 18.1. The number of hydrogen-bond acceptors (Lipinski definition) is 5. The van der Waals surface area contributed by atoms with Crippen molar-refractivity contribution < 1.29 is 4.74 Å². The van der Waals surface area contributed by atoms with Gasteiger partial charge in [0.25, 0.3) is 0 Å². The van der Waals surface area contributed by atoms with Gasteiger partial charge in [-0.3, -0.25) is 0 Å². The van der Waals surface area contributed by atoms with E-state index in [2.05, 4.69) is 45.1 Å². The number of aromatic nitrogens is 3. The third-order valence-electron chi connectivity index (χ3n) is 5.58. The van der Waals surface area contributed by atoms with Gasteiger partial charge >= 0.3 is 0 Å². The van der Waals surface area contributed by atoms with E-state index in [4.69, 9.17) is 14.8 Å². The summed E-state index contributed by atoms with van der Waals surface area (Å²) in [6.07, 6.45) is 3.19. The second kappa shape index (κ2) is 7.66. The molecule has 28 heavy (non-hydrogen) atoms. The number of nitrogens with zero attached hydrogens (tertiary/aromatic N) is 3. The molecule has 6 heteroatoms. The molecular weight excluding hydrogens is 368 g/mol. The van der Waals surface area contributed by atoms with Gasteiger partial charge in [-0.05, 0) is 49.9 Å². The molecule has 1 aromatic carbocycles. The molecule has 0 saturated heterocycles. The average Bonchev–Trinajstić information content (AvgIpc) is 3.29. The summed E-state index contributed by atoms with van der Waals surface area (Å²) in [5, 5.41) is 8.69. The molecule has 5 nitrogen and oxygen atoms in total. The minimum atomic E-state index is 0.437. The van der Waals surface area contributed by atoms with Gasteiger partial charge in [0.15, 0.2) is 5.65 Å². The number of anilines is 1. The van der Waals surface area contributed by atoms with E-state index in [9.17, 15) is 0 Å². The van der Waals surface area contributed by atoms with Gasteiger partial charge in [0, 0.05) is 23.8 Å². The fraction of sp³-hybridized carbons (Fsp3) is 0.455. The van der Waals surface area contributed by atoms with Gasteiger partial charge in [-0.15, -0.1) is 11.8 Å². The highest BCUT2D eigenvalue weighted by molar-refractivity contribution is 7.99. The molecule has 0 atom stereocenters. The van der Waals surface area contributed by atoms with Gasteiger partial charge in [0.2, 0.25) is 0 Å². The lowest BCUT2D eigenvalue weighted by atomic mass is 10.0. The maximum absolute atomic E-state index is 5.38. The number of thioether (sulfide) groups is 1. The summed E-state index contributed by atoms with van der Waals surface area (Å²) in [4.78, 5) is 6.33. The number of rotatable bonds is 6. The molecule has 148 valence electrons. The Morgan fingerprint density at radius 3 is 2.71 bits per heavy atom. The zero-order chi connectivity index (χ0) is 19.8. The van der Waals surface area contributed by atoms with Crippen LogP contribution in [0.4, 0.5) is 5.82 Å². The second-order valence-electron chi connectivity index (χ2n) is 7.37.